The summed E-state index contributed by atoms with van der Waals surface area (Å²) >= 11 is 0. The molecule has 0 saturated carbocycles. The highest BCUT2D eigenvalue weighted by Crippen LogP contribution is 2.15. The first-order chi connectivity index (χ1) is 7.74. The fraction of sp³-hybridized carbons (Fsp3) is 0.364. The molecule has 0 aromatic heterocycles. The number of nitroso groups, excluding NO2 is 1. The molecule has 5 nitrogen and oxygen atoms in total. The average Bonchev–Trinajstić information content (AvgIpc) is 2.33. The molecule has 0 aliphatic heterocycles. The van der Waals surface area contributed by atoms with E-state index in [0.29, 0.717) is 18.8 Å². The Morgan fingerprint density at radius 1 is 1.19 bits per heavy atom. The van der Waals surface area contributed by atoms with Gasteiger partial charge in [0.05, 0.1) is 11.0 Å². The molecular weight excluding hydrogens is 206 g/mol. The molecule has 0 N–H and O–H groups in total. The zero-order valence-electron chi connectivity index (χ0n) is 9.46. The SMILES string of the molecule is CCN(CC)C(=O)N(N=O)c1ccccc1. The van der Waals surface area contributed by atoms with Crippen molar-refractivity contribution in [1.82, 2.24) is 4.90 Å². The number of nitrogens with zero attached hydrogens (tertiary/aromatic N) is 3. The molecule has 16 heavy (non-hydrogen) atoms. The summed E-state index contributed by atoms with van der Waals surface area (Å²) in [4.78, 5) is 24.1. The van der Waals surface area contributed by atoms with Gasteiger partial charge < -0.3 is 4.90 Å². The van der Waals surface area contributed by atoms with Crippen molar-refractivity contribution in [3.8, 4) is 0 Å². The monoisotopic (exact) mass is 221 g/mol. The number of hydrogen-bond acceptors (Lipinski definition) is 3. The lowest BCUT2D eigenvalue weighted by Crippen LogP contribution is -2.40. The van der Waals surface area contributed by atoms with Gasteiger partial charge >= 0.3 is 6.03 Å². The first-order valence-electron chi connectivity index (χ1n) is 5.21. The average molecular weight is 221 g/mol. The van der Waals surface area contributed by atoms with Crippen LogP contribution in [0.3, 0.4) is 0 Å². The lowest BCUT2D eigenvalue weighted by molar-refractivity contribution is 0.210. The number of hydrogen-bond donors (Lipinski definition) is 0. The molecular formula is C11H15N3O2. The van der Waals surface area contributed by atoms with E-state index in [9.17, 15) is 9.70 Å². The summed E-state index contributed by atoms with van der Waals surface area (Å²) in [5, 5.41) is 3.64. The number of urea groups is 1. The van der Waals surface area contributed by atoms with Crippen LogP contribution in [0.5, 0.6) is 0 Å². The quantitative estimate of drug-likeness (QED) is 0.579. The van der Waals surface area contributed by atoms with Crippen LogP contribution in [0.2, 0.25) is 0 Å². The van der Waals surface area contributed by atoms with Gasteiger partial charge in [0.1, 0.15) is 0 Å². The second-order valence-electron chi connectivity index (χ2n) is 3.18. The maximum Gasteiger partial charge on any atom is 0.347 e. The van der Waals surface area contributed by atoms with Gasteiger partial charge in [-0.15, -0.1) is 9.92 Å². The Morgan fingerprint density at radius 2 is 1.75 bits per heavy atom. The first-order valence-corrected chi connectivity index (χ1v) is 5.21. The van der Waals surface area contributed by atoms with E-state index < -0.39 is 6.03 Å². The first kappa shape index (κ1) is 12.2. The van der Waals surface area contributed by atoms with Crippen LogP contribution < -0.4 is 5.01 Å². The minimum atomic E-state index is -0.397. The molecule has 1 rings (SSSR count). The highest BCUT2D eigenvalue weighted by atomic mass is 16.3. The smallest absolute Gasteiger partial charge is 0.323 e. The van der Waals surface area contributed by atoms with Crippen molar-refractivity contribution in [2.45, 2.75) is 13.8 Å². The molecule has 1 aromatic rings. The Morgan fingerprint density at radius 3 is 2.19 bits per heavy atom. The zero-order chi connectivity index (χ0) is 12.0. The molecule has 2 amide bonds. The molecule has 0 atom stereocenters. The minimum Gasteiger partial charge on any atom is -0.323 e. The van der Waals surface area contributed by atoms with Gasteiger partial charge in [-0.1, -0.05) is 18.2 Å². The van der Waals surface area contributed by atoms with E-state index in [0.717, 1.165) is 5.01 Å². The summed E-state index contributed by atoms with van der Waals surface area (Å²) in [6.07, 6.45) is 0. The fourth-order valence-corrected chi connectivity index (χ4v) is 1.39. The van der Waals surface area contributed by atoms with E-state index >= 15 is 0 Å². The maximum absolute atomic E-state index is 11.9. The van der Waals surface area contributed by atoms with Crippen molar-refractivity contribution in [3.63, 3.8) is 0 Å². The van der Waals surface area contributed by atoms with Gasteiger partial charge in [0.15, 0.2) is 0 Å². The van der Waals surface area contributed by atoms with Crippen molar-refractivity contribution >= 4 is 11.7 Å². The van der Waals surface area contributed by atoms with E-state index in [2.05, 4.69) is 5.29 Å². The summed E-state index contributed by atoms with van der Waals surface area (Å²) in [5.74, 6) is 0. The Hall–Kier alpha value is -1.91. The fourth-order valence-electron chi connectivity index (χ4n) is 1.39. The maximum atomic E-state index is 11.9. The summed E-state index contributed by atoms with van der Waals surface area (Å²) in [6.45, 7) is 4.81. The largest absolute Gasteiger partial charge is 0.347 e. The van der Waals surface area contributed by atoms with E-state index in [1.54, 1.807) is 24.3 Å². The summed E-state index contributed by atoms with van der Waals surface area (Å²) in [6, 6.07) is 8.26. The third-order valence-electron chi connectivity index (χ3n) is 2.30. The number of para-hydroxylation sites is 1. The van der Waals surface area contributed by atoms with Crippen LogP contribution in [0.1, 0.15) is 13.8 Å². The predicted octanol–water partition coefficient (Wildman–Crippen LogP) is 2.64. The van der Waals surface area contributed by atoms with E-state index in [4.69, 9.17) is 0 Å². The van der Waals surface area contributed by atoms with Crippen LogP contribution in [0.25, 0.3) is 0 Å². The van der Waals surface area contributed by atoms with Crippen molar-refractivity contribution in [3.05, 3.63) is 35.2 Å². The van der Waals surface area contributed by atoms with Crippen LogP contribution in [0, 0.1) is 4.91 Å². The van der Waals surface area contributed by atoms with Crippen LogP contribution in [0.4, 0.5) is 10.5 Å². The third kappa shape index (κ3) is 2.56. The van der Waals surface area contributed by atoms with Gasteiger partial charge in [0.2, 0.25) is 0 Å². The van der Waals surface area contributed by atoms with E-state index in [-0.39, 0.29) is 0 Å². The van der Waals surface area contributed by atoms with Crippen molar-refractivity contribution in [2.75, 3.05) is 18.1 Å². The summed E-state index contributed by atoms with van der Waals surface area (Å²) in [5.41, 5.74) is 0.481. The van der Waals surface area contributed by atoms with Gasteiger partial charge in [0, 0.05) is 13.1 Å². The lowest BCUT2D eigenvalue weighted by Gasteiger charge is -2.23. The van der Waals surface area contributed by atoms with E-state index in [1.807, 2.05) is 19.9 Å². The van der Waals surface area contributed by atoms with Crippen molar-refractivity contribution in [2.24, 2.45) is 5.29 Å². The van der Waals surface area contributed by atoms with Gasteiger partial charge in [-0.25, -0.2) is 4.79 Å². The number of carbonyl (C=O) groups excluding carboxylic acids is 1. The highest BCUT2D eigenvalue weighted by Gasteiger charge is 2.20. The summed E-state index contributed by atoms with van der Waals surface area (Å²) in [7, 11) is 0. The van der Waals surface area contributed by atoms with Crippen molar-refractivity contribution in [1.29, 1.82) is 0 Å². The molecule has 0 saturated heterocycles. The standard InChI is InChI=1S/C11H15N3O2/c1-3-13(4-2)11(15)14(12-16)10-8-6-5-7-9-10/h5-9H,3-4H2,1-2H3. The Kier molecular flexibility index (Phi) is 4.44. The van der Waals surface area contributed by atoms with Crippen LogP contribution in [-0.4, -0.2) is 24.0 Å². The molecule has 0 radical (unpaired) electrons. The normalized spacial score (nSPS) is 9.62. The predicted molar refractivity (Wildman–Crippen MR) is 63.0 cm³/mol. The Bertz CT molecular complexity index is 350. The minimum absolute atomic E-state index is 0.397. The Labute approximate surface area is 94.6 Å². The number of rotatable bonds is 4. The van der Waals surface area contributed by atoms with Gasteiger partial charge in [-0.2, -0.15) is 0 Å². The number of anilines is 1. The van der Waals surface area contributed by atoms with Crippen LogP contribution >= 0.6 is 0 Å². The van der Waals surface area contributed by atoms with Gasteiger partial charge in [0.25, 0.3) is 0 Å². The van der Waals surface area contributed by atoms with Crippen LogP contribution in [-0.2, 0) is 0 Å². The molecule has 0 unspecified atom stereocenters. The number of carbonyl (C=O) groups is 1. The topological polar surface area (TPSA) is 53.0 Å². The summed E-state index contributed by atoms with van der Waals surface area (Å²) < 4.78 is 0. The van der Waals surface area contributed by atoms with Gasteiger partial charge in [-0.05, 0) is 26.0 Å². The molecule has 0 spiro atoms. The second kappa shape index (κ2) is 5.85. The van der Waals surface area contributed by atoms with Crippen LogP contribution in [0.15, 0.2) is 35.6 Å². The lowest BCUT2D eigenvalue weighted by atomic mass is 10.3. The molecule has 0 bridgehead atoms. The second-order valence-corrected chi connectivity index (χ2v) is 3.18. The molecule has 0 heterocycles. The zero-order valence-corrected chi connectivity index (χ0v) is 9.46. The molecule has 5 heteroatoms. The Balaban J connectivity index is 2.91. The molecule has 0 aliphatic rings. The molecule has 1 aromatic carbocycles. The molecule has 0 fully saturated rings. The molecule has 0 aliphatic carbocycles. The van der Waals surface area contributed by atoms with Crippen molar-refractivity contribution < 1.29 is 4.79 Å². The number of benzene rings is 1. The molecule has 86 valence electrons. The highest BCUT2D eigenvalue weighted by molar-refractivity contribution is 5.91. The van der Waals surface area contributed by atoms with Gasteiger partial charge in [-0.3, -0.25) is 0 Å². The number of amides is 2. The van der Waals surface area contributed by atoms with E-state index in [1.165, 1.54) is 4.90 Å². The third-order valence-corrected chi connectivity index (χ3v) is 2.30.